The number of anilines is 4. The molecule has 10 atom stereocenters. The molecule has 0 saturated carbocycles. The first kappa shape index (κ1) is 112. The number of thiocarbonyl (C=S) groups is 2. The van der Waals surface area contributed by atoms with Gasteiger partial charge in [0, 0.05) is 88.8 Å². The van der Waals surface area contributed by atoms with Crippen LogP contribution in [-0.2, 0) is 82.5 Å². The molecule has 6 aromatic rings. The molecule has 34 heteroatoms. The highest BCUT2D eigenvalue weighted by atomic mass is 32.1. The van der Waals surface area contributed by atoms with Gasteiger partial charge >= 0.3 is 12.4 Å². The highest BCUT2D eigenvalue weighted by molar-refractivity contribution is 7.81. The molecule has 0 unspecified atom stereocenters. The maximum absolute atomic E-state index is 14.0. The number of nitriles is 2. The zero-order valence-electron chi connectivity index (χ0n) is 82.3. The van der Waals surface area contributed by atoms with Gasteiger partial charge in [0.25, 0.3) is 11.8 Å². The Labute approximate surface area is 830 Å². The van der Waals surface area contributed by atoms with Crippen LogP contribution in [0.5, 0.6) is 11.5 Å². The van der Waals surface area contributed by atoms with E-state index in [9.17, 15) is 75.1 Å². The van der Waals surface area contributed by atoms with Gasteiger partial charge in [-0.2, -0.15) is 36.9 Å². The lowest BCUT2D eigenvalue weighted by Crippen LogP contribution is -2.58. The van der Waals surface area contributed by atoms with Crippen LogP contribution in [0.15, 0.2) is 133 Å². The number of likely N-dealkylation sites (tertiary alicyclic amines) is 2. The van der Waals surface area contributed by atoms with Gasteiger partial charge in [0.1, 0.15) is 46.7 Å². The second-order valence-corrected chi connectivity index (χ2v) is 40.2. The van der Waals surface area contributed by atoms with Gasteiger partial charge in [0.15, 0.2) is 10.2 Å². The zero-order valence-corrected chi connectivity index (χ0v) is 83.9. The Hall–Kier alpha value is -11.1. The van der Waals surface area contributed by atoms with Crippen LogP contribution in [0.3, 0.4) is 0 Å². The van der Waals surface area contributed by atoms with Crippen molar-refractivity contribution in [1.82, 2.24) is 31.1 Å². The summed E-state index contributed by atoms with van der Waals surface area (Å²) in [5.41, 5.74) is -1.47. The van der Waals surface area contributed by atoms with Crippen LogP contribution in [0.1, 0.15) is 264 Å². The second kappa shape index (κ2) is 49.5. The molecule has 6 aliphatic rings. The molecule has 4 aliphatic heterocycles. The molecule has 12 rings (SSSR count). The molecule has 4 fully saturated rings. The minimum Gasteiger partial charge on any atom is -0.508 e. The Morgan fingerprint density at radius 1 is 0.500 bits per heavy atom. The van der Waals surface area contributed by atoms with Gasteiger partial charge < -0.3 is 69.7 Å². The van der Waals surface area contributed by atoms with E-state index in [1.807, 2.05) is 99.6 Å². The van der Waals surface area contributed by atoms with Crippen molar-refractivity contribution in [3.8, 4) is 23.6 Å². The van der Waals surface area contributed by atoms with E-state index in [4.69, 9.17) is 53.4 Å². The molecular formula is C106H138F6N12O14S2. The summed E-state index contributed by atoms with van der Waals surface area (Å²) >= 11 is 11.0. The van der Waals surface area contributed by atoms with Crippen LogP contribution in [0.2, 0.25) is 0 Å². The van der Waals surface area contributed by atoms with Crippen molar-refractivity contribution in [3.63, 3.8) is 0 Å². The number of rotatable bonds is 38. The van der Waals surface area contributed by atoms with Crippen molar-refractivity contribution in [2.24, 2.45) is 22.7 Å². The van der Waals surface area contributed by atoms with E-state index in [1.54, 1.807) is 84.9 Å². The fourth-order valence-corrected chi connectivity index (χ4v) is 19.0. The summed E-state index contributed by atoms with van der Waals surface area (Å²) in [6, 6.07) is 35.0. The third kappa shape index (κ3) is 27.6. The normalized spacial score (nSPS) is 19.5. The number of alkyl halides is 6. The number of benzene rings is 6. The van der Waals surface area contributed by atoms with Crippen LogP contribution >= 0.6 is 24.4 Å². The highest BCUT2D eigenvalue weighted by Crippen LogP contribution is 2.45. The zero-order chi connectivity index (χ0) is 102. The molecule has 4 heterocycles. The predicted molar refractivity (Wildman–Crippen MR) is 534 cm³/mol. The van der Waals surface area contributed by atoms with Crippen molar-refractivity contribution >= 4 is 105 Å². The predicted octanol–water partition coefficient (Wildman–Crippen LogP) is 19.0. The van der Waals surface area contributed by atoms with Gasteiger partial charge in [0.2, 0.25) is 35.4 Å². The van der Waals surface area contributed by atoms with E-state index in [0.29, 0.717) is 115 Å². The number of ether oxygens (including phenoxy) is 5. The first-order valence-corrected chi connectivity index (χ1v) is 49.1. The van der Waals surface area contributed by atoms with E-state index in [1.165, 1.54) is 60.1 Å². The van der Waals surface area contributed by atoms with Crippen molar-refractivity contribution < 1.29 is 93.5 Å². The van der Waals surface area contributed by atoms with Crippen LogP contribution < -0.4 is 45.6 Å². The van der Waals surface area contributed by atoms with E-state index in [2.05, 4.69) is 46.4 Å². The van der Waals surface area contributed by atoms with Gasteiger partial charge in [0.05, 0.1) is 76.7 Å². The number of unbranched alkanes of at least 4 members (excludes halogenated alkanes) is 5. The number of amides is 8. The number of hydrogen-bond acceptors (Lipinski definition) is 18. The molecular weight excluding hydrogens is 1840 g/mol. The molecule has 140 heavy (non-hydrogen) atoms. The summed E-state index contributed by atoms with van der Waals surface area (Å²) < 4.78 is 111. The summed E-state index contributed by atoms with van der Waals surface area (Å²) in [5, 5.41) is 40.1. The van der Waals surface area contributed by atoms with E-state index in [-0.39, 0.29) is 106 Å². The van der Waals surface area contributed by atoms with Gasteiger partial charge in [-0.05, 0) is 247 Å². The van der Waals surface area contributed by atoms with Gasteiger partial charge in [-0.15, -0.1) is 0 Å². The topological polar surface area (TPSA) is 318 Å². The number of phenols is 1. The molecule has 5 N–H and O–H groups in total. The fraction of sp³-hybridized carbons (Fsp3) is 0.547. The molecule has 8 amide bonds. The minimum atomic E-state index is -4.79. The molecule has 4 saturated heterocycles. The Morgan fingerprint density at radius 3 is 1.24 bits per heavy atom. The monoisotopic (exact) mass is 1980 g/mol. The average Bonchev–Trinajstić information content (AvgIpc) is 1.59. The smallest absolute Gasteiger partial charge is 0.417 e. The van der Waals surface area contributed by atoms with Crippen LogP contribution in [0, 0.1) is 45.3 Å². The Balaban J connectivity index is 0.000000260. The van der Waals surface area contributed by atoms with Crippen molar-refractivity contribution in [3.05, 3.63) is 178 Å². The van der Waals surface area contributed by atoms with E-state index < -0.39 is 92.5 Å². The van der Waals surface area contributed by atoms with Gasteiger partial charge in [-0.3, -0.25) is 48.2 Å². The number of carbonyl (C=O) groups excluding carboxylic acids is 8. The van der Waals surface area contributed by atoms with E-state index in [0.717, 1.165) is 102 Å². The van der Waals surface area contributed by atoms with E-state index >= 15 is 0 Å². The first-order valence-electron chi connectivity index (χ1n) is 48.2. The maximum atomic E-state index is 14.0. The fourth-order valence-electron chi connectivity index (χ4n) is 18.0. The number of hydrogen-bond donors (Lipinski definition) is 5. The SMILES string of the molecule is C.CC1(C)C(=O)N(c2ccc(C#N)c(C(F)(F)F)c2)C(=S)N1c1ccc(O)cc1.CCCCCCOCCCO[C@@H]1Cc2ccccc2[C@@H]1NC(=O)[C@@H]1CCCN1C(=O)[C@@H](NC(=O)[C@H](C)CC)C(C)(C)C.CC[C@@H](C)C(=O)N[C@H](C(=O)N1CCC[C@H]1C(=O)N[C@H]1c2ccccc2C[C@H]1OCCCOCCCCCOc1ccc(N2C(=S)N(c3ccc(C#N)c(C(F)(F)F)c3)C(=O)C2(C)C)cc1)C(C)(C)C. The summed E-state index contributed by atoms with van der Waals surface area (Å²) in [7, 11) is 0. The average molecular weight is 1980 g/mol. The number of phenolic OH excluding ortho intramolecular Hbond substituents is 1. The maximum Gasteiger partial charge on any atom is 0.417 e. The molecule has 26 nitrogen and oxygen atoms in total. The summed E-state index contributed by atoms with van der Waals surface area (Å²) in [6.07, 6.45) is 4.12. The second-order valence-electron chi connectivity index (χ2n) is 39.4. The molecule has 2 aliphatic carbocycles. The first-order chi connectivity index (χ1) is 65.7. The molecule has 6 aromatic carbocycles. The Morgan fingerprint density at radius 2 is 0.864 bits per heavy atom. The molecule has 0 radical (unpaired) electrons. The largest absolute Gasteiger partial charge is 0.508 e. The standard InChI is InChI=1S/C52H65F3N6O7S.C34H55N3O5.C19H14F3N3O2S.CH4/c1-8-33(2)45(62)58-44(50(3,4)5)47(64)59-25-14-18-41(59)46(63)57-43-39-17-11-10-16-34(39)30-42(43)68-29-15-27-66-26-12-9-13-28-67-38-23-21-36(22-24-38)61-49(69)60(48(65)51(61,6)7)37-20-19-35(32-56)40(31-37)52(53,54)55;1-7-9-10-13-20-41-21-15-22-42-28-23-25-16-11-12-17-26(25)29(28)35-32(39)27-18-14-19-37(27)33(40)30(34(4,5)6)36-31(38)24(3)8-2;1-18(2)16(27)24(17(28)25(18)12-5-7-14(26)8-6-12)13-4-3-11(10-23)15(9-13)19(20,21)22;/h10-11,16-17,19-24,31,33,41-44H,8-9,12-15,18,25-30H2,1-7H3,(H,57,63)(H,58,62);11-12,16-17,24,27-30H,7-10,13-15,18-23H2,1-6H3,(H,35,39)(H,36,38);3-9,26H,1-2H3;1H4/t33-,41+,42-,43+,44-;24-,27+,28-,29+,30-;;/m11../s1. The van der Waals surface area contributed by atoms with Crippen molar-refractivity contribution in [1.29, 1.82) is 10.5 Å². The van der Waals surface area contributed by atoms with Crippen LogP contribution in [-0.4, -0.2) is 179 Å². The minimum absolute atomic E-state index is 0. The third-order valence-corrected chi connectivity index (χ3v) is 27.1. The molecule has 0 bridgehead atoms. The van der Waals surface area contributed by atoms with Crippen LogP contribution in [0.4, 0.5) is 49.1 Å². The number of carbonyl (C=O) groups is 8. The number of nitrogens with zero attached hydrogens (tertiary/aromatic N) is 8. The lowest BCUT2D eigenvalue weighted by atomic mass is 9.85. The Kier molecular flexibility index (Phi) is 39.8. The van der Waals surface area contributed by atoms with Crippen molar-refractivity contribution in [2.45, 2.75) is 292 Å². The number of aromatic hydroxyl groups is 1. The Bertz CT molecular complexity index is 5400. The number of halogens is 6. The number of nitrogens with one attached hydrogen (secondary N) is 4. The third-order valence-electron chi connectivity index (χ3n) is 26.3. The summed E-state index contributed by atoms with van der Waals surface area (Å²) in [4.78, 5) is 116. The van der Waals surface area contributed by atoms with Crippen molar-refractivity contribution in [2.75, 3.05) is 78.9 Å². The summed E-state index contributed by atoms with van der Waals surface area (Å²) in [6.45, 7) is 32.9. The molecule has 0 spiro atoms. The summed E-state index contributed by atoms with van der Waals surface area (Å²) in [5.74, 6) is -1.90. The van der Waals surface area contributed by atoms with Crippen LogP contribution in [0.25, 0.3) is 0 Å². The lowest BCUT2D eigenvalue weighted by Gasteiger charge is -2.36. The van der Waals surface area contributed by atoms with Gasteiger partial charge in [-0.25, -0.2) is 0 Å². The molecule has 0 aromatic heterocycles. The molecule has 760 valence electrons. The quantitative estimate of drug-likeness (QED) is 0.0137. The highest BCUT2D eigenvalue weighted by Gasteiger charge is 2.54. The lowest BCUT2D eigenvalue weighted by molar-refractivity contribution is -0.144. The van der Waals surface area contributed by atoms with Gasteiger partial charge in [-0.1, -0.05) is 151 Å². The number of fused-ring (bicyclic) bond motifs is 2.